The van der Waals surface area contributed by atoms with E-state index in [1.807, 2.05) is 18.2 Å². The number of rotatable bonds is 0. The number of benzene rings is 1. The monoisotopic (exact) mass is 190 g/mol. The normalized spacial score (nSPS) is 20.6. The van der Waals surface area contributed by atoms with Crippen LogP contribution in [0.3, 0.4) is 0 Å². The molecule has 0 bridgehead atoms. The van der Waals surface area contributed by atoms with Gasteiger partial charge in [-0.25, -0.2) is 0 Å². The van der Waals surface area contributed by atoms with Crippen molar-refractivity contribution in [3.05, 3.63) is 53.1 Å². The second-order valence-corrected chi connectivity index (χ2v) is 3.89. The summed E-state index contributed by atoms with van der Waals surface area (Å²) in [5.74, 6) is 0.362. The van der Waals surface area contributed by atoms with Crippen molar-refractivity contribution in [3.8, 4) is 0 Å². The van der Waals surface area contributed by atoms with Gasteiger partial charge in [-0.1, -0.05) is 37.7 Å². The maximum Gasteiger partial charge on any atom is 0.0409 e. The fourth-order valence-corrected chi connectivity index (χ4v) is 1.97. The number of hydrogen-bond acceptors (Lipinski definition) is 0. The molecule has 1 aromatic carbocycles. The van der Waals surface area contributed by atoms with Gasteiger partial charge < -0.3 is 0 Å². The lowest BCUT2D eigenvalue weighted by atomic mass is 10.0. The quantitative estimate of drug-likeness (QED) is 0.580. The average molecular weight is 191 g/mol. The van der Waals surface area contributed by atoms with E-state index in [4.69, 9.17) is 11.6 Å². The van der Waals surface area contributed by atoms with E-state index in [1.165, 1.54) is 11.1 Å². The Hall–Kier alpha value is -1.01. The van der Waals surface area contributed by atoms with Crippen molar-refractivity contribution in [2.45, 2.75) is 12.8 Å². The van der Waals surface area contributed by atoms with Crippen molar-refractivity contribution < 1.29 is 0 Å². The summed E-state index contributed by atoms with van der Waals surface area (Å²) in [6.07, 6.45) is 0. The second kappa shape index (κ2) is 2.74. The summed E-state index contributed by atoms with van der Waals surface area (Å²) in [6.45, 7) is 10.2. The Morgan fingerprint density at radius 2 is 2.00 bits per heavy atom. The smallest absolute Gasteiger partial charge is 0.0409 e. The van der Waals surface area contributed by atoms with Crippen LogP contribution in [-0.4, -0.2) is 0 Å². The minimum Gasteiger partial charge on any atom is -0.0946 e. The predicted molar refractivity (Wildman–Crippen MR) is 58.0 cm³/mol. The third kappa shape index (κ3) is 1.13. The van der Waals surface area contributed by atoms with E-state index in [1.54, 1.807) is 0 Å². The van der Waals surface area contributed by atoms with Crippen molar-refractivity contribution >= 4 is 17.2 Å². The number of hydrogen-bond donors (Lipinski definition) is 0. The van der Waals surface area contributed by atoms with E-state index < -0.39 is 0 Å². The number of fused-ring (bicyclic) bond motifs is 1. The van der Waals surface area contributed by atoms with Crippen molar-refractivity contribution in [1.29, 1.82) is 0 Å². The summed E-state index contributed by atoms with van der Waals surface area (Å²) in [4.78, 5) is 0. The molecule has 0 heterocycles. The molecule has 0 nitrogen and oxygen atoms in total. The molecule has 0 saturated heterocycles. The van der Waals surface area contributed by atoms with Crippen LogP contribution in [0.4, 0.5) is 0 Å². The van der Waals surface area contributed by atoms with Crippen LogP contribution in [0.1, 0.15) is 24.0 Å². The molecule has 0 N–H and O–H groups in total. The van der Waals surface area contributed by atoms with Gasteiger partial charge in [-0.05, 0) is 34.4 Å². The van der Waals surface area contributed by atoms with Gasteiger partial charge in [0.1, 0.15) is 0 Å². The zero-order chi connectivity index (χ0) is 9.59. The molecule has 0 saturated carbocycles. The van der Waals surface area contributed by atoms with Gasteiger partial charge in [0.05, 0.1) is 0 Å². The van der Waals surface area contributed by atoms with E-state index in [0.717, 1.165) is 16.2 Å². The minimum atomic E-state index is 0.362. The molecule has 0 fully saturated rings. The van der Waals surface area contributed by atoms with Crippen LogP contribution in [0.2, 0.25) is 5.02 Å². The van der Waals surface area contributed by atoms with Gasteiger partial charge in [-0.2, -0.15) is 0 Å². The lowest BCUT2D eigenvalue weighted by molar-refractivity contribution is 0.963. The molecule has 0 amide bonds. The molecule has 66 valence electrons. The third-order valence-corrected chi connectivity index (χ3v) is 2.95. The van der Waals surface area contributed by atoms with E-state index >= 15 is 0 Å². The molecule has 0 aromatic heterocycles. The molecule has 2 rings (SSSR count). The van der Waals surface area contributed by atoms with Gasteiger partial charge in [0, 0.05) is 10.9 Å². The SMILES string of the molecule is C=C1C(=C)C(C)c2cc(Cl)ccc21. The second-order valence-electron chi connectivity index (χ2n) is 3.46. The first-order chi connectivity index (χ1) is 6.11. The highest BCUT2D eigenvalue weighted by Crippen LogP contribution is 2.44. The van der Waals surface area contributed by atoms with E-state index in [2.05, 4.69) is 20.1 Å². The van der Waals surface area contributed by atoms with Gasteiger partial charge in [0.25, 0.3) is 0 Å². The Balaban J connectivity index is 2.67. The molecule has 0 radical (unpaired) electrons. The molecule has 0 spiro atoms. The Kier molecular flexibility index (Phi) is 1.81. The minimum absolute atomic E-state index is 0.362. The highest BCUT2D eigenvalue weighted by Gasteiger charge is 2.25. The fraction of sp³-hybridized carbons (Fsp3) is 0.167. The first-order valence-corrected chi connectivity index (χ1v) is 4.67. The Morgan fingerprint density at radius 1 is 1.31 bits per heavy atom. The molecule has 1 aliphatic rings. The maximum atomic E-state index is 5.92. The summed E-state index contributed by atoms with van der Waals surface area (Å²) in [7, 11) is 0. The van der Waals surface area contributed by atoms with Crippen molar-refractivity contribution in [2.24, 2.45) is 0 Å². The molecule has 1 heteroatoms. The van der Waals surface area contributed by atoms with Crippen molar-refractivity contribution in [2.75, 3.05) is 0 Å². The fourth-order valence-electron chi connectivity index (χ4n) is 1.79. The van der Waals surface area contributed by atoms with Crippen LogP contribution in [0.15, 0.2) is 36.9 Å². The standard InChI is InChI=1S/C12H11Cl/c1-7-8(2)11-5-4-10(13)6-12(11)9(7)3/h4-6,9H,1-2H2,3H3. The summed E-state index contributed by atoms with van der Waals surface area (Å²) in [5.41, 5.74) is 4.61. The van der Waals surface area contributed by atoms with Crippen LogP contribution in [0.5, 0.6) is 0 Å². The van der Waals surface area contributed by atoms with Crippen molar-refractivity contribution in [1.82, 2.24) is 0 Å². The largest absolute Gasteiger partial charge is 0.0946 e. The molecule has 1 aromatic rings. The number of halogens is 1. The molecule has 0 aliphatic heterocycles. The summed E-state index contributed by atoms with van der Waals surface area (Å²) in [6, 6.07) is 5.93. The topological polar surface area (TPSA) is 0 Å². The Bertz CT molecular complexity index is 402. The average Bonchev–Trinajstić information content (AvgIpc) is 2.32. The van der Waals surface area contributed by atoms with Gasteiger partial charge >= 0.3 is 0 Å². The highest BCUT2D eigenvalue weighted by atomic mass is 35.5. The van der Waals surface area contributed by atoms with E-state index in [0.29, 0.717) is 5.92 Å². The maximum absolute atomic E-state index is 5.92. The Labute approximate surface area is 83.5 Å². The molecule has 1 atom stereocenters. The van der Waals surface area contributed by atoms with Gasteiger partial charge in [-0.15, -0.1) is 0 Å². The number of allylic oxidation sites excluding steroid dienone is 2. The molecular formula is C12H11Cl. The van der Waals surface area contributed by atoms with E-state index in [-0.39, 0.29) is 0 Å². The van der Waals surface area contributed by atoms with Crippen molar-refractivity contribution in [3.63, 3.8) is 0 Å². The van der Waals surface area contributed by atoms with Crippen LogP contribution in [0.25, 0.3) is 5.57 Å². The van der Waals surface area contributed by atoms with Gasteiger partial charge in [0.2, 0.25) is 0 Å². The zero-order valence-corrected chi connectivity index (χ0v) is 8.36. The Morgan fingerprint density at radius 3 is 2.69 bits per heavy atom. The molecular weight excluding hydrogens is 180 g/mol. The van der Waals surface area contributed by atoms with Crippen LogP contribution < -0.4 is 0 Å². The highest BCUT2D eigenvalue weighted by molar-refractivity contribution is 6.30. The lowest BCUT2D eigenvalue weighted by Crippen LogP contribution is -1.87. The first kappa shape index (κ1) is 8.58. The first-order valence-electron chi connectivity index (χ1n) is 4.29. The summed E-state index contributed by atoms with van der Waals surface area (Å²) < 4.78 is 0. The summed E-state index contributed by atoms with van der Waals surface area (Å²) in [5, 5.41) is 0.785. The zero-order valence-electron chi connectivity index (χ0n) is 7.60. The van der Waals surface area contributed by atoms with Crippen LogP contribution >= 0.6 is 11.6 Å². The van der Waals surface area contributed by atoms with Crippen LogP contribution in [0, 0.1) is 0 Å². The third-order valence-electron chi connectivity index (χ3n) is 2.72. The lowest BCUT2D eigenvalue weighted by Gasteiger charge is -2.04. The molecule has 13 heavy (non-hydrogen) atoms. The van der Waals surface area contributed by atoms with E-state index in [9.17, 15) is 0 Å². The molecule has 1 aliphatic carbocycles. The summed E-state index contributed by atoms with van der Waals surface area (Å²) >= 11 is 5.92. The molecule has 1 unspecified atom stereocenters. The van der Waals surface area contributed by atoms with Gasteiger partial charge in [0.15, 0.2) is 0 Å². The van der Waals surface area contributed by atoms with Crippen LogP contribution in [-0.2, 0) is 0 Å². The predicted octanol–water partition coefficient (Wildman–Crippen LogP) is 4.03. The van der Waals surface area contributed by atoms with Gasteiger partial charge in [-0.3, -0.25) is 0 Å².